The SMILES string of the molecule is C/C(=N\O)C1CC1c1ccccc1. The van der Waals surface area contributed by atoms with E-state index < -0.39 is 0 Å². The van der Waals surface area contributed by atoms with Crippen LogP contribution in [0.15, 0.2) is 35.5 Å². The molecule has 2 unspecified atom stereocenters. The molecule has 1 fully saturated rings. The summed E-state index contributed by atoms with van der Waals surface area (Å²) in [5, 5.41) is 11.8. The number of oxime groups is 1. The van der Waals surface area contributed by atoms with Crippen molar-refractivity contribution in [2.24, 2.45) is 11.1 Å². The van der Waals surface area contributed by atoms with Crippen molar-refractivity contribution in [3.8, 4) is 0 Å². The minimum Gasteiger partial charge on any atom is -0.411 e. The predicted molar refractivity (Wildman–Crippen MR) is 52.2 cm³/mol. The highest BCUT2D eigenvalue weighted by molar-refractivity contribution is 5.87. The van der Waals surface area contributed by atoms with E-state index in [9.17, 15) is 0 Å². The summed E-state index contributed by atoms with van der Waals surface area (Å²) in [6.45, 7) is 1.88. The molecule has 0 bridgehead atoms. The van der Waals surface area contributed by atoms with E-state index in [1.165, 1.54) is 5.56 Å². The molecule has 13 heavy (non-hydrogen) atoms. The van der Waals surface area contributed by atoms with Gasteiger partial charge in [0.15, 0.2) is 0 Å². The minimum absolute atomic E-state index is 0.465. The van der Waals surface area contributed by atoms with Crippen LogP contribution in [0.5, 0.6) is 0 Å². The van der Waals surface area contributed by atoms with Gasteiger partial charge in [0.25, 0.3) is 0 Å². The number of hydrogen-bond donors (Lipinski definition) is 1. The zero-order valence-electron chi connectivity index (χ0n) is 7.64. The summed E-state index contributed by atoms with van der Waals surface area (Å²) in [6.07, 6.45) is 1.12. The van der Waals surface area contributed by atoms with Crippen LogP contribution in [0.2, 0.25) is 0 Å². The molecule has 1 aromatic rings. The highest BCUT2D eigenvalue weighted by Crippen LogP contribution is 2.48. The van der Waals surface area contributed by atoms with Crippen LogP contribution < -0.4 is 0 Å². The molecule has 0 aliphatic heterocycles. The van der Waals surface area contributed by atoms with Gasteiger partial charge in [-0.2, -0.15) is 0 Å². The van der Waals surface area contributed by atoms with E-state index in [0.717, 1.165) is 12.1 Å². The van der Waals surface area contributed by atoms with Gasteiger partial charge in [-0.3, -0.25) is 0 Å². The molecule has 0 aromatic heterocycles. The molecule has 1 aliphatic rings. The maximum absolute atomic E-state index is 8.60. The molecule has 0 heterocycles. The van der Waals surface area contributed by atoms with Crippen LogP contribution in [-0.4, -0.2) is 10.9 Å². The average molecular weight is 175 g/mol. The fourth-order valence-corrected chi connectivity index (χ4v) is 1.80. The molecule has 2 nitrogen and oxygen atoms in total. The third-order valence-electron chi connectivity index (χ3n) is 2.71. The number of benzene rings is 1. The normalized spacial score (nSPS) is 27.3. The van der Waals surface area contributed by atoms with Crippen molar-refractivity contribution in [1.82, 2.24) is 0 Å². The van der Waals surface area contributed by atoms with Crippen LogP contribution in [0, 0.1) is 5.92 Å². The van der Waals surface area contributed by atoms with Crippen molar-refractivity contribution in [3.63, 3.8) is 0 Å². The lowest BCUT2D eigenvalue weighted by Gasteiger charge is -1.97. The van der Waals surface area contributed by atoms with Crippen molar-refractivity contribution in [3.05, 3.63) is 35.9 Å². The summed E-state index contributed by atoms with van der Waals surface area (Å²) in [6, 6.07) is 10.4. The molecule has 0 radical (unpaired) electrons. The molecule has 0 spiro atoms. The van der Waals surface area contributed by atoms with Gasteiger partial charge in [0.05, 0.1) is 5.71 Å². The number of nitrogens with zero attached hydrogens (tertiary/aromatic N) is 1. The van der Waals surface area contributed by atoms with Crippen molar-refractivity contribution in [1.29, 1.82) is 0 Å². The van der Waals surface area contributed by atoms with Gasteiger partial charge in [-0.1, -0.05) is 35.5 Å². The van der Waals surface area contributed by atoms with Crippen molar-refractivity contribution in [2.75, 3.05) is 0 Å². The number of rotatable bonds is 2. The van der Waals surface area contributed by atoms with Gasteiger partial charge in [0.1, 0.15) is 0 Å². The molecule has 0 saturated heterocycles. The standard InChI is InChI=1S/C11H13NO/c1-8(12-13)10-7-11(10)9-5-3-2-4-6-9/h2-6,10-11,13H,7H2,1H3/b12-8+. The summed E-state index contributed by atoms with van der Waals surface area (Å²) >= 11 is 0. The van der Waals surface area contributed by atoms with Gasteiger partial charge in [-0.15, -0.1) is 0 Å². The highest BCUT2D eigenvalue weighted by Gasteiger charge is 2.40. The van der Waals surface area contributed by atoms with Crippen LogP contribution in [-0.2, 0) is 0 Å². The summed E-state index contributed by atoms with van der Waals surface area (Å²) < 4.78 is 0. The average Bonchev–Trinajstić information content (AvgIpc) is 2.98. The molecule has 2 heteroatoms. The molecule has 0 amide bonds. The lowest BCUT2D eigenvalue weighted by molar-refractivity contribution is 0.316. The first-order valence-electron chi connectivity index (χ1n) is 4.56. The number of hydrogen-bond acceptors (Lipinski definition) is 2. The van der Waals surface area contributed by atoms with Crippen molar-refractivity contribution >= 4 is 5.71 Å². The Morgan fingerprint density at radius 3 is 2.69 bits per heavy atom. The predicted octanol–water partition coefficient (Wildman–Crippen LogP) is 2.64. The second kappa shape index (κ2) is 3.21. The largest absolute Gasteiger partial charge is 0.411 e. The van der Waals surface area contributed by atoms with Gasteiger partial charge < -0.3 is 5.21 Å². The topological polar surface area (TPSA) is 32.6 Å². The third kappa shape index (κ3) is 1.57. The fraction of sp³-hybridized carbons (Fsp3) is 0.364. The van der Waals surface area contributed by atoms with Crippen LogP contribution in [0.1, 0.15) is 24.8 Å². The molecule has 1 saturated carbocycles. The molecule has 1 N–H and O–H groups in total. The summed E-state index contributed by atoms with van der Waals surface area (Å²) in [5.41, 5.74) is 2.21. The fourth-order valence-electron chi connectivity index (χ4n) is 1.80. The molecule has 2 atom stereocenters. The highest BCUT2D eigenvalue weighted by atomic mass is 16.4. The van der Waals surface area contributed by atoms with Crippen LogP contribution >= 0.6 is 0 Å². The molecule has 1 aliphatic carbocycles. The summed E-state index contributed by atoms with van der Waals surface area (Å²) in [7, 11) is 0. The summed E-state index contributed by atoms with van der Waals surface area (Å²) in [5.74, 6) is 1.05. The zero-order valence-corrected chi connectivity index (χ0v) is 7.64. The maximum Gasteiger partial charge on any atom is 0.0577 e. The molecule has 2 rings (SSSR count). The Morgan fingerprint density at radius 1 is 1.38 bits per heavy atom. The first kappa shape index (κ1) is 8.30. The Balaban J connectivity index is 2.09. The van der Waals surface area contributed by atoms with E-state index in [1.54, 1.807) is 0 Å². The first-order valence-corrected chi connectivity index (χ1v) is 4.56. The molecule has 1 aromatic carbocycles. The second-order valence-electron chi connectivity index (χ2n) is 3.60. The second-order valence-corrected chi connectivity index (χ2v) is 3.60. The first-order chi connectivity index (χ1) is 6.33. The van der Waals surface area contributed by atoms with Crippen LogP contribution in [0.4, 0.5) is 0 Å². The Morgan fingerprint density at radius 2 is 2.08 bits per heavy atom. The lowest BCUT2D eigenvalue weighted by atomic mass is 10.1. The Bertz CT molecular complexity index is 318. The smallest absolute Gasteiger partial charge is 0.0577 e. The van der Waals surface area contributed by atoms with E-state index in [2.05, 4.69) is 29.4 Å². The maximum atomic E-state index is 8.60. The Hall–Kier alpha value is -1.31. The van der Waals surface area contributed by atoms with Gasteiger partial charge in [-0.25, -0.2) is 0 Å². The lowest BCUT2D eigenvalue weighted by Crippen LogP contribution is -1.95. The van der Waals surface area contributed by atoms with Gasteiger partial charge in [0.2, 0.25) is 0 Å². The molecule has 68 valence electrons. The van der Waals surface area contributed by atoms with Gasteiger partial charge in [0, 0.05) is 5.92 Å². The van der Waals surface area contributed by atoms with Crippen molar-refractivity contribution < 1.29 is 5.21 Å². The Labute approximate surface area is 77.9 Å². The van der Waals surface area contributed by atoms with Gasteiger partial charge >= 0.3 is 0 Å². The van der Waals surface area contributed by atoms with E-state index in [-0.39, 0.29) is 0 Å². The van der Waals surface area contributed by atoms with E-state index in [0.29, 0.717) is 11.8 Å². The van der Waals surface area contributed by atoms with Gasteiger partial charge in [-0.05, 0) is 24.8 Å². The Kier molecular flexibility index (Phi) is 2.05. The monoisotopic (exact) mass is 175 g/mol. The summed E-state index contributed by atoms with van der Waals surface area (Å²) in [4.78, 5) is 0. The van der Waals surface area contributed by atoms with E-state index in [1.807, 2.05) is 13.0 Å². The van der Waals surface area contributed by atoms with Crippen molar-refractivity contribution in [2.45, 2.75) is 19.3 Å². The molecular formula is C11H13NO. The third-order valence-corrected chi connectivity index (χ3v) is 2.71. The van der Waals surface area contributed by atoms with E-state index >= 15 is 0 Å². The van der Waals surface area contributed by atoms with Crippen LogP contribution in [0.3, 0.4) is 0 Å². The quantitative estimate of drug-likeness (QED) is 0.418. The zero-order chi connectivity index (χ0) is 9.26. The van der Waals surface area contributed by atoms with E-state index in [4.69, 9.17) is 5.21 Å². The molecular weight excluding hydrogens is 162 g/mol. The minimum atomic E-state index is 0.465. The van der Waals surface area contributed by atoms with Crippen LogP contribution in [0.25, 0.3) is 0 Å².